The fourth-order valence-electron chi connectivity index (χ4n) is 2.27. The van der Waals surface area contributed by atoms with Crippen molar-refractivity contribution in [3.8, 4) is 0 Å². The van der Waals surface area contributed by atoms with E-state index in [1.54, 1.807) is 6.07 Å². The predicted octanol–water partition coefficient (Wildman–Crippen LogP) is 5.34. The smallest absolute Gasteiger partial charge is 0.148 e. The van der Waals surface area contributed by atoms with Gasteiger partial charge in [0.2, 0.25) is 0 Å². The Morgan fingerprint density at radius 2 is 1.90 bits per heavy atom. The summed E-state index contributed by atoms with van der Waals surface area (Å²) >= 11 is 6.87. The van der Waals surface area contributed by atoms with Crippen LogP contribution in [0.3, 0.4) is 0 Å². The van der Waals surface area contributed by atoms with Crippen LogP contribution in [0.25, 0.3) is 11.0 Å². The van der Waals surface area contributed by atoms with E-state index in [9.17, 15) is 4.39 Å². The minimum atomic E-state index is -0.331. The highest BCUT2D eigenvalue weighted by atomic mass is 79.9. The molecule has 108 valence electrons. The maximum atomic E-state index is 13.3. The van der Waals surface area contributed by atoms with Crippen molar-refractivity contribution in [2.24, 2.45) is 5.73 Å². The average molecular weight is 413 g/mol. The lowest BCUT2D eigenvalue weighted by atomic mass is 10.0. The second kappa shape index (κ2) is 5.91. The molecule has 0 saturated heterocycles. The molecule has 5 heteroatoms. The van der Waals surface area contributed by atoms with Gasteiger partial charge in [-0.25, -0.2) is 4.39 Å². The van der Waals surface area contributed by atoms with Gasteiger partial charge in [0.15, 0.2) is 0 Å². The third-order valence-electron chi connectivity index (χ3n) is 3.33. The number of benzene rings is 2. The van der Waals surface area contributed by atoms with Gasteiger partial charge in [-0.1, -0.05) is 28.1 Å². The SMILES string of the molecule is NC(Cc1cc(F)ccc1Br)c1cc2cccc(Br)c2o1. The first-order chi connectivity index (χ1) is 10.0. The molecule has 0 bridgehead atoms. The molecule has 2 aromatic carbocycles. The molecule has 3 aromatic rings. The number of hydrogen-bond donors (Lipinski definition) is 1. The minimum absolute atomic E-state index is 0.271. The highest BCUT2D eigenvalue weighted by Gasteiger charge is 2.15. The van der Waals surface area contributed by atoms with Crippen molar-refractivity contribution in [1.29, 1.82) is 0 Å². The summed E-state index contributed by atoms with van der Waals surface area (Å²) < 4.78 is 20.9. The highest BCUT2D eigenvalue weighted by molar-refractivity contribution is 9.11. The summed E-state index contributed by atoms with van der Waals surface area (Å²) in [6.07, 6.45) is 0.496. The van der Waals surface area contributed by atoms with Crippen LogP contribution in [-0.4, -0.2) is 0 Å². The number of nitrogens with two attached hydrogens (primary N) is 1. The van der Waals surface area contributed by atoms with Crippen LogP contribution in [0, 0.1) is 5.82 Å². The summed E-state index contributed by atoms with van der Waals surface area (Å²) in [6.45, 7) is 0. The lowest BCUT2D eigenvalue weighted by molar-refractivity contribution is 0.492. The van der Waals surface area contributed by atoms with Crippen LogP contribution in [0.15, 0.2) is 55.8 Å². The molecular formula is C16H12Br2FNO. The van der Waals surface area contributed by atoms with Gasteiger partial charge in [-0.05, 0) is 58.2 Å². The summed E-state index contributed by atoms with van der Waals surface area (Å²) in [7, 11) is 0. The molecule has 0 aliphatic heterocycles. The maximum Gasteiger partial charge on any atom is 0.148 e. The van der Waals surface area contributed by atoms with E-state index in [4.69, 9.17) is 10.2 Å². The first-order valence-electron chi connectivity index (χ1n) is 6.42. The van der Waals surface area contributed by atoms with E-state index in [1.165, 1.54) is 12.1 Å². The molecular weight excluding hydrogens is 401 g/mol. The van der Waals surface area contributed by atoms with Gasteiger partial charge in [0.05, 0.1) is 10.5 Å². The van der Waals surface area contributed by atoms with Crippen LogP contribution in [0.4, 0.5) is 4.39 Å². The Kier molecular flexibility index (Phi) is 4.15. The Morgan fingerprint density at radius 3 is 2.67 bits per heavy atom. The van der Waals surface area contributed by atoms with Crippen molar-refractivity contribution >= 4 is 42.8 Å². The predicted molar refractivity (Wildman–Crippen MR) is 88.6 cm³/mol. The molecule has 1 aromatic heterocycles. The summed E-state index contributed by atoms with van der Waals surface area (Å²) in [5, 5.41) is 0.994. The van der Waals surface area contributed by atoms with Gasteiger partial charge < -0.3 is 10.2 Å². The molecule has 3 rings (SSSR count). The molecule has 21 heavy (non-hydrogen) atoms. The van der Waals surface area contributed by atoms with Crippen LogP contribution >= 0.6 is 31.9 Å². The van der Waals surface area contributed by atoms with Crippen LogP contribution in [0.2, 0.25) is 0 Å². The first kappa shape index (κ1) is 14.8. The summed E-state index contributed by atoms with van der Waals surface area (Å²) in [5.74, 6) is 0.417. The van der Waals surface area contributed by atoms with Crippen LogP contribution in [0.1, 0.15) is 17.4 Å². The summed E-state index contributed by atoms with van der Waals surface area (Å²) in [6, 6.07) is 12.0. The van der Waals surface area contributed by atoms with Gasteiger partial charge >= 0.3 is 0 Å². The van der Waals surface area contributed by atoms with Crippen LogP contribution in [-0.2, 0) is 6.42 Å². The van der Waals surface area contributed by atoms with Gasteiger partial charge in [-0.2, -0.15) is 0 Å². The average Bonchev–Trinajstić information content (AvgIpc) is 2.88. The lowest BCUT2D eigenvalue weighted by Crippen LogP contribution is -2.12. The van der Waals surface area contributed by atoms with E-state index in [-0.39, 0.29) is 11.9 Å². The molecule has 0 aliphatic carbocycles. The Balaban J connectivity index is 1.91. The number of hydrogen-bond acceptors (Lipinski definition) is 2. The summed E-state index contributed by atoms with van der Waals surface area (Å²) in [5.41, 5.74) is 7.81. The molecule has 1 unspecified atom stereocenters. The fourth-order valence-corrected chi connectivity index (χ4v) is 3.14. The van der Waals surface area contributed by atoms with Gasteiger partial charge in [0.1, 0.15) is 17.2 Å². The molecule has 0 amide bonds. The molecule has 1 heterocycles. The number of rotatable bonds is 3. The first-order valence-corrected chi connectivity index (χ1v) is 8.00. The third kappa shape index (κ3) is 3.05. The molecule has 0 spiro atoms. The van der Waals surface area contributed by atoms with E-state index in [0.29, 0.717) is 12.2 Å². The Bertz CT molecular complexity index is 800. The topological polar surface area (TPSA) is 39.2 Å². The fraction of sp³-hybridized carbons (Fsp3) is 0.125. The second-order valence-corrected chi connectivity index (χ2v) is 6.56. The van der Waals surface area contributed by atoms with Gasteiger partial charge in [-0.3, -0.25) is 0 Å². The van der Waals surface area contributed by atoms with Crippen molar-refractivity contribution in [2.75, 3.05) is 0 Å². The number of halogens is 3. The zero-order valence-electron chi connectivity index (χ0n) is 10.9. The molecule has 2 N–H and O–H groups in total. The standard InChI is InChI=1S/C16H12Br2FNO/c17-12-5-4-11(19)6-10(12)7-14(20)15-8-9-2-1-3-13(18)16(9)21-15/h1-6,8,14H,7,20H2. The van der Waals surface area contributed by atoms with E-state index in [1.807, 2.05) is 24.3 Å². The van der Waals surface area contributed by atoms with E-state index in [2.05, 4.69) is 31.9 Å². The van der Waals surface area contributed by atoms with E-state index < -0.39 is 0 Å². The maximum absolute atomic E-state index is 13.3. The number of furan rings is 1. The van der Waals surface area contributed by atoms with Crippen molar-refractivity contribution < 1.29 is 8.81 Å². The lowest BCUT2D eigenvalue weighted by Gasteiger charge is -2.10. The normalized spacial score (nSPS) is 12.8. The molecule has 0 saturated carbocycles. The van der Waals surface area contributed by atoms with Crippen molar-refractivity contribution in [1.82, 2.24) is 0 Å². The second-order valence-electron chi connectivity index (χ2n) is 4.85. The van der Waals surface area contributed by atoms with Crippen molar-refractivity contribution in [3.63, 3.8) is 0 Å². The molecule has 0 fully saturated rings. The van der Waals surface area contributed by atoms with E-state index in [0.717, 1.165) is 25.5 Å². The Labute approximate surface area is 138 Å². The van der Waals surface area contributed by atoms with Crippen LogP contribution < -0.4 is 5.73 Å². The Morgan fingerprint density at radius 1 is 1.10 bits per heavy atom. The number of fused-ring (bicyclic) bond motifs is 1. The van der Waals surface area contributed by atoms with E-state index >= 15 is 0 Å². The molecule has 0 radical (unpaired) electrons. The molecule has 0 aliphatic rings. The van der Waals surface area contributed by atoms with Crippen molar-refractivity contribution in [3.05, 3.63) is 68.6 Å². The third-order valence-corrected chi connectivity index (χ3v) is 4.73. The van der Waals surface area contributed by atoms with Gasteiger partial charge in [0.25, 0.3) is 0 Å². The zero-order chi connectivity index (χ0) is 15.0. The monoisotopic (exact) mass is 411 g/mol. The number of para-hydroxylation sites is 1. The Hall–Kier alpha value is -1.17. The minimum Gasteiger partial charge on any atom is -0.458 e. The highest BCUT2D eigenvalue weighted by Crippen LogP contribution is 2.31. The summed E-state index contributed by atoms with van der Waals surface area (Å²) in [4.78, 5) is 0. The molecule has 2 nitrogen and oxygen atoms in total. The van der Waals surface area contributed by atoms with Gasteiger partial charge in [0, 0.05) is 9.86 Å². The van der Waals surface area contributed by atoms with Gasteiger partial charge in [-0.15, -0.1) is 0 Å². The largest absolute Gasteiger partial charge is 0.458 e. The zero-order valence-corrected chi connectivity index (χ0v) is 14.1. The molecule has 1 atom stereocenters. The quantitative estimate of drug-likeness (QED) is 0.630. The van der Waals surface area contributed by atoms with Crippen molar-refractivity contribution in [2.45, 2.75) is 12.5 Å². The van der Waals surface area contributed by atoms with Crippen LogP contribution in [0.5, 0.6) is 0 Å².